The Morgan fingerprint density at radius 3 is 2.59 bits per heavy atom. The summed E-state index contributed by atoms with van der Waals surface area (Å²) in [4.78, 5) is 18.0. The Kier molecular flexibility index (Phi) is 5.61. The van der Waals surface area contributed by atoms with E-state index in [-0.39, 0.29) is 12.4 Å². The number of methoxy groups -OCH3 is 1. The number of aromatic nitrogens is 1. The molecule has 0 bridgehead atoms. The topological polar surface area (TPSA) is 75.8 Å². The van der Waals surface area contributed by atoms with Gasteiger partial charge in [0.1, 0.15) is 5.75 Å². The minimum Gasteiger partial charge on any atom is -0.497 e. The van der Waals surface area contributed by atoms with Crippen LogP contribution in [-0.4, -0.2) is 34.9 Å². The number of anilines is 1. The molecule has 1 aromatic heterocycles. The third-order valence-corrected chi connectivity index (χ3v) is 6.46. The highest BCUT2D eigenvalue weighted by Gasteiger charge is 2.26. The first-order chi connectivity index (χ1) is 15.6. The zero-order valence-electron chi connectivity index (χ0n) is 17.8. The molecule has 166 valence electrons. The van der Waals surface area contributed by atoms with Crippen LogP contribution in [0.5, 0.6) is 17.2 Å². The van der Waals surface area contributed by atoms with Gasteiger partial charge in [-0.05, 0) is 61.5 Å². The van der Waals surface area contributed by atoms with Crippen LogP contribution in [0.3, 0.4) is 0 Å². The van der Waals surface area contributed by atoms with Gasteiger partial charge < -0.3 is 29.4 Å². The van der Waals surface area contributed by atoms with Crippen molar-refractivity contribution in [3.63, 3.8) is 0 Å². The van der Waals surface area contributed by atoms with E-state index in [0.717, 1.165) is 35.2 Å². The normalized spacial score (nSPS) is 15.2. The van der Waals surface area contributed by atoms with Crippen molar-refractivity contribution < 1.29 is 14.2 Å². The molecule has 0 unspecified atom stereocenters. The molecule has 1 fully saturated rings. The van der Waals surface area contributed by atoms with Crippen molar-refractivity contribution in [3.05, 3.63) is 58.4 Å². The van der Waals surface area contributed by atoms with E-state index in [0.29, 0.717) is 34.8 Å². The lowest BCUT2D eigenvalue weighted by Gasteiger charge is -2.31. The molecule has 2 aromatic carbocycles. The van der Waals surface area contributed by atoms with Gasteiger partial charge in [0.05, 0.1) is 19.2 Å². The number of pyridine rings is 1. The van der Waals surface area contributed by atoms with Crippen molar-refractivity contribution in [1.82, 2.24) is 9.88 Å². The SMILES string of the molecule is COc1ccc(NC(=S)N(Cc2cc3cc4c(cc3[nH]c2=O)OCO4)C2CCCC2)cc1. The quantitative estimate of drug-likeness (QED) is 0.557. The molecule has 1 saturated carbocycles. The van der Waals surface area contributed by atoms with Crippen molar-refractivity contribution in [3.8, 4) is 17.2 Å². The molecule has 32 heavy (non-hydrogen) atoms. The molecule has 0 saturated heterocycles. The molecule has 0 atom stereocenters. The first-order valence-electron chi connectivity index (χ1n) is 10.8. The molecule has 8 heteroatoms. The molecule has 1 aliphatic heterocycles. The summed E-state index contributed by atoms with van der Waals surface area (Å²) < 4.78 is 16.2. The fourth-order valence-electron chi connectivity index (χ4n) is 4.39. The number of nitrogens with zero attached hydrogens (tertiary/aromatic N) is 1. The van der Waals surface area contributed by atoms with Gasteiger partial charge in [0.25, 0.3) is 5.56 Å². The van der Waals surface area contributed by atoms with E-state index in [2.05, 4.69) is 15.2 Å². The van der Waals surface area contributed by atoms with E-state index in [4.69, 9.17) is 26.4 Å². The summed E-state index contributed by atoms with van der Waals surface area (Å²) in [6, 6.07) is 13.6. The molecule has 2 aliphatic rings. The lowest BCUT2D eigenvalue weighted by atomic mass is 10.1. The summed E-state index contributed by atoms with van der Waals surface area (Å²) >= 11 is 5.79. The molecular weight excluding hydrogens is 426 g/mol. The maximum Gasteiger partial charge on any atom is 0.253 e. The highest BCUT2D eigenvalue weighted by atomic mass is 32.1. The van der Waals surface area contributed by atoms with E-state index in [1.165, 1.54) is 12.8 Å². The average molecular weight is 452 g/mol. The molecule has 0 radical (unpaired) electrons. The second kappa shape index (κ2) is 8.70. The summed E-state index contributed by atoms with van der Waals surface area (Å²) in [5.41, 5.74) is 2.17. The Morgan fingerprint density at radius 1 is 1.16 bits per heavy atom. The molecule has 0 amide bonds. The Labute approximate surface area is 191 Å². The summed E-state index contributed by atoms with van der Waals surface area (Å²) in [5.74, 6) is 2.14. The van der Waals surface area contributed by atoms with E-state index >= 15 is 0 Å². The highest BCUT2D eigenvalue weighted by Crippen LogP contribution is 2.35. The third kappa shape index (κ3) is 4.10. The third-order valence-electron chi connectivity index (χ3n) is 6.12. The fraction of sp³-hybridized carbons (Fsp3) is 0.333. The maximum absolute atomic E-state index is 12.9. The van der Waals surface area contributed by atoms with Gasteiger partial charge in [-0.1, -0.05) is 12.8 Å². The number of ether oxygens (including phenoxy) is 3. The van der Waals surface area contributed by atoms with Crippen LogP contribution >= 0.6 is 12.2 Å². The maximum atomic E-state index is 12.9. The molecule has 2 N–H and O–H groups in total. The molecule has 0 spiro atoms. The molecule has 7 nitrogen and oxygen atoms in total. The lowest BCUT2D eigenvalue weighted by Crippen LogP contribution is -2.42. The Bertz CT molecular complexity index is 1200. The zero-order chi connectivity index (χ0) is 22.1. The minimum atomic E-state index is -0.119. The second-order valence-corrected chi connectivity index (χ2v) is 8.53. The molecule has 3 aromatic rings. The highest BCUT2D eigenvalue weighted by molar-refractivity contribution is 7.80. The van der Waals surface area contributed by atoms with Gasteiger partial charge >= 0.3 is 0 Å². The fourth-order valence-corrected chi connectivity index (χ4v) is 4.73. The van der Waals surface area contributed by atoms with Gasteiger partial charge in [0, 0.05) is 28.7 Å². The second-order valence-electron chi connectivity index (χ2n) is 8.14. The van der Waals surface area contributed by atoms with E-state index < -0.39 is 0 Å². The summed E-state index contributed by atoms with van der Waals surface area (Å²) in [6.07, 6.45) is 4.47. The smallest absolute Gasteiger partial charge is 0.253 e. The number of fused-ring (bicyclic) bond motifs is 2. The van der Waals surface area contributed by atoms with Gasteiger partial charge in [-0.25, -0.2) is 0 Å². The first-order valence-corrected chi connectivity index (χ1v) is 11.2. The standard InChI is InChI=1S/C24H25N3O4S/c1-29-19-8-6-17(7-9-19)25-24(32)27(18-4-2-3-5-18)13-16-10-15-11-21-22(31-14-30-21)12-20(15)26-23(16)28/h6-12,18H,2-5,13-14H2,1H3,(H,25,32)(H,26,28). The van der Waals surface area contributed by atoms with Crippen molar-refractivity contribution in [2.24, 2.45) is 0 Å². The van der Waals surface area contributed by atoms with Crippen LogP contribution in [0, 0.1) is 0 Å². The molecule has 1 aliphatic carbocycles. The Morgan fingerprint density at radius 2 is 1.88 bits per heavy atom. The lowest BCUT2D eigenvalue weighted by molar-refractivity contribution is 0.174. The average Bonchev–Trinajstić information content (AvgIpc) is 3.48. The predicted molar refractivity (Wildman–Crippen MR) is 128 cm³/mol. The number of benzene rings is 2. The van der Waals surface area contributed by atoms with Crippen LogP contribution in [0.1, 0.15) is 31.2 Å². The summed E-state index contributed by atoms with van der Waals surface area (Å²) in [7, 11) is 1.64. The summed E-state index contributed by atoms with van der Waals surface area (Å²) in [6.45, 7) is 0.635. The minimum absolute atomic E-state index is 0.119. The monoisotopic (exact) mass is 451 g/mol. The van der Waals surface area contributed by atoms with Crippen LogP contribution in [0.2, 0.25) is 0 Å². The van der Waals surface area contributed by atoms with Crippen LogP contribution in [0.15, 0.2) is 47.3 Å². The number of hydrogen-bond acceptors (Lipinski definition) is 5. The van der Waals surface area contributed by atoms with Crippen LogP contribution in [0.25, 0.3) is 10.9 Å². The number of rotatable bonds is 5. The van der Waals surface area contributed by atoms with Crippen molar-refractivity contribution in [1.29, 1.82) is 0 Å². The Hall–Kier alpha value is -3.26. The number of nitrogens with one attached hydrogen (secondary N) is 2. The van der Waals surface area contributed by atoms with Gasteiger partial charge in [-0.2, -0.15) is 0 Å². The van der Waals surface area contributed by atoms with Gasteiger partial charge in [-0.15, -0.1) is 0 Å². The Balaban J connectivity index is 1.42. The van der Waals surface area contributed by atoms with Crippen molar-refractivity contribution in [2.45, 2.75) is 38.3 Å². The molecular formula is C24H25N3O4S. The van der Waals surface area contributed by atoms with Crippen molar-refractivity contribution in [2.75, 3.05) is 19.2 Å². The number of aromatic amines is 1. The van der Waals surface area contributed by atoms with Crippen LogP contribution < -0.4 is 25.1 Å². The van der Waals surface area contributed by atoms with E-state index in [1.807, 2.05) is 42.5 Å². The summed E-state index contributed by atoms with van der Waals surface area (Å²) in [5, 5.41) is 4.86. The number of thiocarbonyl (C=S) groups is 1. The number of hydrogen-bond donors (Lipinski definition) is 2. The molecule has 5 rings (SSSR count). The zero-order valence-corrected chi connectivity index (χ0v) is 18.7. The van der Waals surface area contributed by atoms with Gasteiger partial charge in [-0.3, -0.25) is 4.79 Å². The molecule has 2 heterocycles. The van der Waals surface area contributed by atoms with E-state index in [1.54, 1.807) is 7.11 Å². The largest absolute Gasteiger partial charge is 0.497 e. The van der Waals surface area contributed by atoms with Gasteiger partial charge in [0.2, 0.25) is 6.79 Å². The van der Waals surface area contributed by atoms with Crippen LogP contribution in [0.4, 0.5) is 5.69 Å². The van der Waals surface area contributed by atoms with E-state index in [9.17, 15) is 4.79 Å². The van der Waals surface area contributed by atoms with Crippen LogP contribution in [-0.2, 0) is 6.54 Å². The predicted octanol–water partition coefficient (Wildman–Crippen LogP) is 4.41. The first kappa shape index (κ1) is 20.6. The van der Waals surface area contributed by atoms with Gasteiger partial charge in [0.15, 0.2) is 16.6 Å². The van der Waals surface area contributed by atoms with Crippen molar-refractivity contribution >= 4 is 33.9 Å². The number of H-pyrrole nitrogens is 1.